The Balaban J connectivity index is 1.82. The molecule has 0 aliphatic carbocycles. The van der Waals surface area contributed by atoms with Crippen LogP contribution in [0.2, 0.25) is 0 Å². The van der Waals surface area contributed by atoms with Gasteiger partial charge in [0.25, 0.3) is 0 Å². The minimum absolute atomic E-state index is 0.296. The maximum Gasteiger partial charge on any atom is 0.232 e. The van der Waals surface area contributed by atoms with Crippen LogP contribution in [0.15, 0.2) is 28.8 Å². The van der Waals surface area contributed by atoms with Crippen molar-refractivity contribution >= 4 is 11.8 Å². The van der Waals surface area contributed by atoms with Crippen molar-refractivity contribution in [2.75, 3.05) is 25.7 Å². The standard InChI is InChI=1S/C14H17N3O2S/c1-15-12-8-20-7-11(12)14-16-13(17-19-14)9-3-5-10(18-2)6-4-9/h3-6,11-12,15H,7-8H2,1-2H3. The predicted molar refractivity (Wildman–Crippen MR) is 79.2 cm³/mol. The molecule has 1 aromatic carbocycles. The Labute approximate surface area is 122 Å². The van der Waals surface area contributed by atoms with Gasteiger partial charge in [0.15, 0.2) is 0 Å². The van der Waals surface area contributed by atoms with Gasteiger partial charge in [-0.05, 0) is 31.3 Å². The fourth-order valence-corrected chi connectivity index (χ4v) is 3.74. The van der Waals surface area contributed by atoms with Gasteiger partial charge in [0.1, 0.15) is 5.75 Å². The number of hydrogen-bond donors (Lipinski definition) is 1. The topological polar surface area (TPSA) is 60.2 Å². The largest absolute Gasteiger partial charge is 0.497 e. The lowest BCUT2D eigenvalue weighted by Crippen LogP contribution is -2.31. The minimum atomic E-state index is 0.296. The summed E-state index contributed by atoms with van der Waals surface area (Å²) in [4.78, 5) is 4.54. The Morgan fingerprint density at radius 1 is 1.30 bits per heavy atom. The number of nitrogens with one attached hydrogen (secondary N) is 1. The van der Waals surface area contributed by atoms with Crippen molar-refractivity contribution in [1.29, 1.82) is 0 Å². The van der Waals surface area contributed by atoms with E-state index in [9.17, 15) is 0 Å². The van der Waals surface area contributed by atoms with E-state index in [1.54, 1.807) is 7.11 Å². The van der Waals surface area contributed by atoms with E-state index in [2.05, 4.69) is 15.5 Å². The molecule has 2 aromatic rings. The zero-order chi connectivity index (χ0) is 13.9. The molecule has 1 aromatic heterocycles. The lowest BCUT2D eigenvalue weighted by atomic mass is 10.0. The quantitative estimate of drug-likeness (QED) is 0.931. The molecule has 2 unspecified atom stereocenters. The van der Waals surface area contributed by atoms with E-state index >= 15 is 0 Å². The van der Waals surface area contributed by atoms with Crippen LogP contribution in [0.25, 0.3) is 11.4 Å². The Kier molecular flexibility index (Phi) is 3.93. The van der Waals surface area contributed by atoms with Gasteiger partial charge in [-0.1, -0.05) is 5.16 Å². The third-order valence-corrected chi connectivity index (χ3v) is 4.75. The Morgan fingerprint density at radius 3 is 2.80 bits per heavy atom. The molecule has 0 amide bonds. The molecular formula is C14H17N3O2S. The second kappa shape index (κ2) is 5.85. The second-order valence-corrected chi connectivity index (χ2v) is 5.80. The summed E-state index contributed by atoms with van der Waals surface area (Å²) in [5.74, 6) is 4.58. The molecule has 2 heterocycles. The van der Waals surface area contributed by atoms with Crippen LogP contribution >= 0.6 is 11.8 Å². The normalized spacial score (nSPS) is 22.1. The Bertz CT molecular complexity index is 570. The van der Waals surface area contributed by atoms with Gasteiger partial charge in [-0.15, -0.1) is 0 Å². The molecular weight excluding hydrogens is 274 g/mol. The first-order valence-corrected chi connectivity index (χ1v) is 7.70. The van der Waals surface area contributed by atoms with Gasteiger partial charge in [0.2, 0.25) is 11.7 Å². The summed E-state index contributed by atoms with van der Waals surface area (Å²) in [7, 11) is 3.63. The van der Waals surface area contributed by atoms with Gasteiger partial charge < -0.3 is 14.6 Å². The number of nitrogens with zero attached hydrogens (tertiary/aromatic N) is 2. The smallest absolute Gasteiger partial charge is 0.232 e. The number of hydrogen-bond acceptors (Lipinski definition) is 6. The lowest BCUT2D eigenvalue weighted by Gasteiger charge is -2.13. The molecule has 5 nitrogen and oxygen atoms in total. The molecule has 0 saturated carbocycles. The van der Waals surface area contributed by atoms with Gasteiger partial charge in [0, 0.05) is 23.1 Å². The summed E-state index contributed by atoms with van der Waals surface area (Å²) in [6.07, 6.45) is 0. The average molecular weight is 291 g/mol. The molecule has 0 spiro atoms. The van der Waals surface area contributed by atoms with Crippen LogP contribution < -0.4 is 10.1 Å². The van der Waals surface area contributed by atoms with Gasteiger partial charge >= 0.3 is 0 Å². The van der Waals surface area contributed by atoms with Crippen LogP contribution in [0, 0.1) is 0 Å². The second-order valence-electron chi connectivity index (χ2n) is 4.72. The number of benzene rings is 1. The first-order valence-electron chi connectivity index (χ1n) is 6.55. The van der Waals surface area contributed by atoms with Crippen molar-refractivity contribution in [3.8, 4) is 17.1 Å². The fourth-order valence-electron chi connectivity index (χ4n) is 2.33. The SMILES string of the molecule is CNC1CSCC1c1nc(-c2ccc(OC)cc2)no1. The summed E-state index contributed by atoms with van der Waals surface area (Å²) in [6.45, 7) is 0. The Morgan fingerprint density at radius 2 is 2.10 bits per heavy atom. The zero-order valence-electron chi connectivity index (χ0n) is 11.5. The van der Waals surface area contributed by atoms with Crippen LogP contribution in [-0.2, 0) is 0 Å². The lowest BCUT2D eigenvalue weighted by molar-refractivity contribution is 0.344. The number of rotatable bonds is 4. The zero-order valence-corrected chi connectivity index (χ0v) is 12.3. The van der Waals surface area contributed by atoms with Crippen molar-refractivity contribution in [2.45, 2.75) is 12.0 Å². The number of methoxy groups -OCH3 is 1. The number of likely N-dealkylation sites (N-methyl/N-ethyl adjacent to an activating group) is 1. The number of aromatic nitrogens is 2. The highest BCUT2D eigenvalue weighted by molar-refractivity contribution is 7.99. The van der Waals surface area contributed by atoms with Crippen molar-refractivity contribution < 1.29 is 9.26 Å². The van der Waals surface area contributed by atoms with E-state index in [0.29, 0.717) is 17.8 Å². The maximum absolute atomic E-state index is 5.45. The van der Waals surface area contributed by atoms with Crippen molar-refractivity contribution in [3.05, 3.63) is 30.2 Å². The van der Waals surface area contributed by atoms with E-state index in [4.69, 9.17) is 9.26 Å². The highest BCUT2D eigenvalue weighted by atomic mass is 32.2. The molecule has 1 aliphatic heterocycles. The highest BCUT2D eigenvalue weighted by Crippen LogP contribution is 2.32. The molecule has 1 saturated heterocycles. The highest BCUT2D eigenvalue weighted by Gasteiger charge is 2.32. The molecule has 106 valence electrons. The molecule has 2 atom stereocenters. The van der Waals surface area contributed by atoms with Gasteiger partial charge in [-0.3, -0.25) is 0 Å². The van der Waals surface area contributed by atoms with Crippen molar-refractivity contribution in [1.82, 2.24) is 15.5 Å². The first-order chi connectivity index (χ1) is 9.81. The third kappa shape index (κ3) is 2.53. The summed E-state index contributed by atoms with van der Waals surface area (Å²) in [6, 6.07) is 8.07. The van der Waals surface area contributed by atoms with E-state index in [1.807, 2.05) is 43.1 Å². The summed E-state index contributed by atoms with van der Waals surface area (Å²) in [5, 5.41) is 7.40. The van der Waals surface area contributed by atoms with Crippen LogP contribution in [0.4, 0.5) is 0 Å². The molecule has 3 rings (SSSR count). The third-order valence-electron chi connectivity index (χ3n) is 3.56. The van der Waals surface area contributed by atoms with Crippen LogP contribution in [0.5, 0.6) is 5.75 Å². The summed E-state index contributed by atoms with van der Waals surface area (Å²) in [5.41, 5.74) is 0.937. The molecule has 20 heavy (non-hydrogen) atoms. The van der Waals surface area contributed by atoms with E-state index in [1.165, 1.54) is 0 Å². The monoisotopic (exact) mass is 291 g/mol. The van der Waals surface area contributed by atoms with Gasteiger partial charge in [-0.2, -0.15) is 16.7 Å². The van der Waals surface area contributed by atoms with Gasteiger partial charge in [0.05, 0.1) is 13.0 Å². The molecule has 6 heteroatoms. The Hall–Kier alpha value is -1.53. The molecule has 1 fully saturated rings. The molecule has 0 bridgehead atoms. The average Bonchev–Trinajstić information content (AvgIpc) is 3.15. The predicted octanol–water partition coefficient (Wildman–Crippen LogP) is 2.16. The summed E-state index contributed by atoms with van der Waals surface area (Å²) < 4.78 is 10.6. The van der Waals surface area contributed by atoms with Crippen molar-refractivity contribution in [3.63, 3.8) is 0 Å². The van der Waals surface area contributed by atoms with Crippen LogP contribution in [-0.4, -0.2) is 41.8 Å². The number of thioether (sulfide) groups is 1. The van der Waals surface area contributed by atoms with Gasteiger partial charge in [-0.25, -0.2) is 0 Å². The maximum atomic E-state index is 5.45. The fraction of sp³-hybridized carbons (Fsp3) is 0.429. The van der Waals surface area contributed by atoms with Crippen LogP contribution in [0.1, 0.15) is 11.8 Å². The van der Waals surface area contributed by atoms with E-state index in [0.717, 1.165) is 28.7 Å². The summed E-state index contributed by atoms with van der Waals surface area (Å²) >= 11 is 1.91. The van der Waals surface area contributed by atoms with Crippen molar-refractivity contribution in [2.24, 2.45) is 0 Å². The van der Waals surface area contributed by atoms with E-state index < -0.39 is 0 Å². The molecule has 0 radical (unpaired) electrons. The molecule has 1 aliphatic rings. The van der Waals surface area contributed by atoms with Crippen LogP contribution in [0.3, 0.4) is 0 Å². The molecule has 1 N–H and O–H groups in total. The number of ether oxygens (including phenoxy) is 1. The van der Waals surface area contributed by atoms with E-state index in [-0.39, 0.29) is 0 Å². The minimum Gasteiger partial charge on any atom is -0.497 e. The first kappa shape index (κ1) is 13.5.